The molecule has 3 nitrogen and oxygen atoms in total. The molecule has 5 heteroatoms. The molecule has 94 valence electrons. The van der Waals surface area contributed by atoms with Gasteiger partial charge in [0.15, 0.2) is 5.17 Å². The summed E-state index contributed by atoms with van der Waals surface area (Å²) in [5.41, 5.74) is 0.740. The highest BCUT2D eigenvalue weighted by Gasteiger charge is 2.19. The van der Waals surface area contributed by atoms with Gasteiger partial charge in [-0.2, -0.15) is 5.26 Å². The standard InChI is InChI=1S/C13H14FN3S/c1-8-7-18-13(16-9(8)2)17-11-3-4-12(14)10(5-11)6-15/h3-5,8-9H,7H2,1-2H3,(H,16,17). The maximum absolute atomic E-state index is 13.2. The third-order valence-electron chi connectivity index (χ3n) is 2.97. The Morgan fingerprint density at radius 3 is 2.94 bits per heavy atom. The molecule has 2 unspecified atom stereocenters. The van der Waals surface area contributed by atoms with Crippen molar-refractivity contribution in [2.45, 2.75) is 19.9 Å². The minimum atomic E-state index is -0.497. The first-order valence-corrected chi connectivity index (χ1v) is 6.76. The van der Waals surface area contributed by atoms with Crippen molar-refractivity contribution in [3.05, 3.63) is 29.6 Å². The van der Waals surface area contributed by atoms with Crippen molar-refractivity contribution in [1.82, 2.24) is 0 Å². The van der Waals surface area contributed by atoms with Gasteiger partial charge >= 0.3 is 0 Å². The summed E-state index contributed by atoms with van der Waals surface area (Å²) in [6.07, 6.45) is 0. The van der Waals surface area contributed by atoms with Crippen LogP contribution in [0.15, 0.2) is 23.2 Å². The molecule has 1 aromatic rings. The number of nitrogens with zero attached hydrogens (tertiary/aromatic N) is 2. The van der Waals surface area contributed by atoms with Crippen LogP contribution in [0.2, 0.25) is 0 Å². The second kappa shape index (κ2) is 5.40. The molecule has 1 heterocycles. The van der Waals surface area contributed by atoms with Gasteiger partial charge in [-0.15, -0.1) is 0 Å². The van der Waals surface area contributed by atoms with E-state index in [0.717, 1.165) is 10.9 Å². The lowest BCUT2D eigenvalue weighted by molar-refractivity contribution is 0.537. The molecule has 1 aromatic carbocycles. The number of anilines is 1. The largest absolute Gasteiger partial charge is 0.335 e. The second-order valence-electron chi connectivity index (χ2n) is 4.39. The zero-order valence-electron chi connectivity index (χ0n) is 10.3. The molecule has 0 fully saturated rings. The lowest BCUT2D eigenvalue weighted by atomic mass is 10.1. The molecule has 1 aliphatic rings. The Morgan fingerprint density at radius 2 is 2.28 bits per heavy atom. The van der Waals surface area contributed by atoms with Gasteiger partial charge in [0.2, 0.25) is 0 Å². The van der Waals surface area contributed by atoms with E-state index in [1.807, 2.05) is 6.07 Å². The van der Waals surface area contributed by atoms with Crippen LogP contribution in [-0.2, 0) is 0 Å². The minimum absolute atomic E-state index is 0.0443. The van der Waals surface area contributed by atoms with Gasteiger partial charge in [0.25, 0.3) is 0 Å². The van der Waals surface area contributed by atoms with Crippen molar-refractivity contribution in [1.29, 1.82) is 5.26 Å². The van der Waals surface area contributed by atoms with Gasteiger partial charge in [0.1, 0.15) is 11.9 Å². The average molecular weight is 263 g/mol. The van der Waals surface area contributed by atoms with Gasteiger partial charge in [0, 0.05) is 11.4 Å². The predicted molar refractivity (Wildman–Crippen MR) is 73.3 cm³/mol. The van der Waals surface area contributed by atoms with E-state index in [-0.39, 0.29) is 11.6 Å². The van der Waals surface area contributed by atoms with Gasteiger partial charge in [-0.1, -0.05) is 18.7 Å². The summed E-state index contributed by atoms with van der Waals surface area (Å²) in [5, 5.41) is 12.7. The van der Waals surface area contributed by atoms with E-state index < -0.39 is 5.82 Å². The lowest BCUT2D eigenvalue weighted by Gasteiger charge is -2.23. The number of rotatable bonds is 1. The fraction of sp³-hybridized carbons (Fsp3) is 0.385. The van der Waals surface area contributed by atoms with Crippen molar-refractivity contribution in [2.75, 3.05) is 11.1 Å². The fourth-order valence-electron chi connectivity index (χ4n) is 1.58. The third kappa shape index (κ3) is 2.82. The second-order valence-corrected chi connectivity index (χ2v) is 5.40. The van der Waals surface area contributed by atoms with E-state index in [4.69, 9.17) is 5.26 Å². The Labute approximate surface area is 110 Å². The molecule has 0 radical (unpaired) electrons. The van der Waals surface area contributed by atoms with Crippen LogP contribution < -0.4 is 5.32 Å². The number of nitriles is 1. The van der Waals surface area contributed by atoms with Crippen molar-refractivity contribution >= 4 is 22.6 Å². The molecule has 0 aliphatic carbocycles. The Balaban J connectivity index is 2.15. The molecular formula is C13H14FN3S. The summed E-state index contributed by atoms with van der Waals surface area (Å²) in [4.78, 5) is 4.53. The summed E-state index contributed by atoms with van der Waals surface area (Å²) in [6, 6.07) is 6.52. The maximum atomic E-state index is 13.2. The van der Waals surface area contributed by atoms with Crippen molar-refractivity contribution in [3.63, 3.8) is 0 Å². The molecular weight excluding hydrogens is 249 g/mol. The maximum Gasteiger partial charge on any atom is 0.161 e. The van der Waals surface area contributed by atoms with Gasteiger partial charge in [-0.3, -0.25) is 4.99 Å². The molecule has 0 bridgehead atoms. The van der Waals surface area contributed by atoms with E-state index in [0.29, 0.717) is 11.6 Å². The Kier molecular flexibility index (Phi) is 3.87. The van der Waals surface area contributed by atoms with E-state index in [9.17, 15) is 4.39 Å². The number of hydrogen-bond acceptors (Lipinski definition) is 4. The Hall–Kier alpha value is -1.54. The van der Waals surface area contributed by atoms with E-state index >= 15 is 0 Å². The van der Waals surface area contributed by atoms with Crippen molar-refractivity contribution in [3.8, 4) is 6.07 Å². The van der Waals surface area contributed by atoms with Gasteiger partial charge in [-0.05, 0) is 31.0 Å². The molecule has 2 rings (SSSR count). The number of nitrogens with one attached hydrogen (secondary N) is 1. The van der Waals surface area contributed by atoms with Gasteiger partial charge in [-0.25, -0.2) is 4.39 Å². The number of hydrogen-bond donors (Lipinski definition) is 1. The Bertz CT molecular complexity index is 521. The predicted octanol–water partition coefficient (Wildman–Crippen LogP) is 3.24. The van der Waals surface area contributed by atoms with Crippen LogP contribution in [0.3, 0.4) is 0 Å². The third-order valence-corrected chi connectivity index (χ3v) is 4.14. The molecule has 1 aliphatic heterocycles. The molecule has 0 saturated carbocycles. The minimum Gasteiger partial charge on any atom is -0.335 e. The summed E-state index contributed by atoms with van der Waals surface area (Å²) in [5.74, 6) is 1.07. The number of thioether (sulfide) groups is 1. The summed E-state index contributed by atoms with van der Waals surface area (Å²) in [7, 11) is 0. The smallest absolute Gasteiger partial charge is 0.161 e. The van der Waals surface area contributed by atoms with Gasteiger partial charge in [0.05, 0.1) is 11.6 Å². The van der Waals surface area contributed by atoms with Gasteiger partial charge < -0.3 is 5.32 Å². The molecule has 0 saturated heterocycles. The lowest BCUT2D eigenvalue weighted by Crippen LogP contribution is -2.25. The first-order chi connectivity index (χ1) is 8.60. The first kappa shape index (κ1) is 12.9. The summed E-state index contributed by atoms with van der Waals surface area (Å²) >= 11 is 1.65. The number of halogens is 1. The van der Waals surface area contributed by atoms with Crippen molar-refractivity contribution in [2.24, 2.45) is 10.9 Å². The van der Waals surface area contributed by atoms with Crippen LogP contribution in [0.1, 0.15) is 19.4 Å². The van der Waals surface area contributed by atoms with Crippen LogP contribution in [-0.4, -0.2) is 17.0 Å². The zero-order valence-corrected chi connectivity index (χ0v) is 11.1. The highest BCUT2D eigenvalue weighted by molar-refractivity contribution is 8.14. The van der Waals surface area contributed by atoms with Crippen LogP contribution in [0, 0.1) is 23.1 Å². The molecule has 0 aromatic heterocycles. The normalized spacial score (nSPS) is 23.1. The highest BCUT2D eigenvalue weighted by Crippen LogP contribution is 2.24. The quantitative estimate of drug-likeness (QED) is 0.846. The van der Waals surface area contributed by atoms with Crippen LogP contribution in [0.4, 0.5) is 10.1 Å². The fourth-order valence-corrected chi connectivity index (χ4v) is 2.71. The van der Waals surface area contributed by atoms with Crippen LogP contribution in [0.25, 0.3) is 0 Å². The SMILES string of the molecule is CC1CSC(Nc2ccc(F)c(C#N)c2)=NC1C. The number of amidine groups is 1. The van der Waals surface area contributed by atoms with E-state index in [1.54, 1.807) is 17.8 Å². The monoisotopic (exact) mass is 263 g/mol. The molecule has 0 spiro atoms. The number of benzene rings is 1. The molecule has 2 atom stereocenters. The summed E-state index contributed by atoms with van der Waals surface area (Å²) in [6.45, 7) is 4.25. The van der Waals surface area contributed by atoms with E-state index in [2.05, 4.69) is 24.2 Å². The van der Waals surface area contributed by atoms with Crippen LogP contribution in [0.5, 0.6) is 0 Å². The topological polar surface area (TPSA) is 48.2 Å². The number of aliphatic imine (C=N–C) groups is 1. The average Bonchev–Trinajstić information content (AvgIpc) is 2.36. The van der Waals surface area contributed by atoms with E-state index in [1.165, 1.54) is 12.1 Å². The molecule has 1 N–H and O–H groups in total. The highest BCUT2D eigenvalue weighted by atomic mass is 32.2. The first-order valence-electron chi connectivity index (χ1n) is 5.77. The molecule has 18 heavy (non-hydrogen) atoms. The van der Waals surface area contributed by atoms with Crippen molar-refractivity contribution < 1.29 is 4.39 Å². The zero-order chi connectivity index (χ0) is 13.1. The van der Waals surface area contributed by atoms with Crippen LogP contribution >= 0.6 is 11.8 Å². The Morgan fingerprint density at radius 1 is 1.50 bits per heavy atom. The molecule has 0 amide bonds. The summed E-state index contributed by atoms with van der Waals surface area (Å²) < 4.78 is 13.2.